The van der Waals surface area contributed by atoms with Gasteiger partial charge in [0.15, 0.2) is 5.78 Å². The van der Waals surface area contributed by atoms with Crippen molar-refractivity contribution in [3.63, 3.8) is 0 Å². The van der Waals surface area contributed by atoms with Crippen LogP contribution in [0.5, 0.6) is 0 Å². The lowest BCUT2D eigenvalue weighted by Gasteiger charge is -2.11. The Morgan fingerprint density at radius 2 is 1.72 bits per heavy atom. The molecule has 0 radical (unpaired) electrons. The average Bonchev–Trinajstić information content (AvgIpc) is 2.57. The molecule has 0 saturated carbocycles. The summed E-state index contributed by atoms with van der Waals surface area (Å²) >= 11 is 12.0. The minimum Gasteiger partial charge on any atom is -0.353 e. The van der Waals surface area contributed by atoms with Crippen molar-refractivity contribution in [2.45, 2.75) is 6.92 Å². The van der Waals surface area contributed by atoms with E-state index in [1.54, 1.807) is 30.3 Å². The first-order chi connectivity index (χ1) is 12.0. The molecule has 0 aliphatic heterocycles. The molecule has 0 aliphatic rings. The van der Waals surface area contributed by atoms with E-state index < -0.39 is 5.82 Å². The number of carbonyl (C=O) groups excluding carboxylic acids is 1. The van der Waals surface area contributed by atoms with Gasteiger partial charge in [-0.2, -0.15) is 0 Å². The zero-order valence-electron chi connectivity index (χ0n) is 13.3. The lowest BCUT2D eigenvalue weighted by atomic mass is 9.99. The molecule has 0 spiro atoms. The van der Waals surface area contributed by atoms with Gasteiger partial charge in [-0.15, -0.1) is 0 Å². The van der Waals surface area contributed by atoms with Gasteiger partial charge in [-0.25, -0.2) is 4.39 Å². The molecule has 0 bridgehead atoms. The summed E-state index contributed by atoms with van der Waals surface area (Å²) in [7, 11) is 0. The van der Waals surface area contributed by atoms with Gasteiger partial charge in [0.2, 0.25) is 0 Å². The van der Waals surface area contributed by atoms with Crippen LogP contribution in [0.25, 0.3) is 0 Å². The van der Waals surface area contributed by atoms with E-state index in [0.29, 0.717) is 26.9 Å². The van der Waals surface area contributed by atoms with Crippen LogP contribution in [0.4, 0.5) is 15.8 Å². The molecule has 0 fully saturated rings. The largest absolute Gasteiger partial charge is 0.353 e. The summed E-state index contributed by atoms with van der Waals surface area (Å²) in [6.07, 6.45) is 0. The van der Waals surface area contributed by atoms with Gasteiger partial charge in [0.05, 0.1) is 10.7 Å². The van der Waals surface area contributed by atoms with Crippen LogP contribution >= 0.6 is 23.2 Å². The molecular formula is C20H14Cl2FNO. The lowest BCUT2D eigenvalue weighted by molar-refractivity contribution is 0.103. The Morgan fingerprint density at radius 3 is 2.40 bits per heavy atom. The van der Waals surface area contributed by atoms with E-state index in [-0.39, 0.29) is 11.5 Å². The second-order valence-electron chi connectivity index (χ2n) is 5.59. The summed E-state index contributed by atoms with van der Waals surface area (Å²) in [5, 5.41) is 3.55. The molecule has 126 valence electrons. The van der Waals surface area contributed by atoms with Crippen LogP contribution < -0.4 is 5.32 Å². The molecule has 0 aliphatic carbocycles. The van der Waals surface area contributed by atoms with Gasteiger partial charge in [-0.1, -0.05) is 47.5 Å². The Balaban J connectivity index is 1.88. The minimum atomic E-state index is -0.469. The highest BCUT2D eigenvalue weighted by Gasteiger charge is 2.15. The van der Waals surface area contributed by atoms with E-state index in [2.05, 4.69) is 5.32 Å². The Morgan fingerprint density at radius 1 is 0.960 bits per heavy atom. The summed E-state index contributed by atoms with van der Waals surface area (Å²) in [5.74, 6) is -0.615. The number of aryl methyl sites for hydroxylation is 1. The standard InChI is InChI=1S/C20H14Cl2FNO/c1-12-4-2-3-5-15(12)20(25)16-8-7-14(11-17(16)22)24-19-9-6-13(21)10-18(19)23/h2-11,24H,1H3. The predicted octanol–water partition coefficient (Wildman–Crippen LogP) is 6.42. The second-order valence-corrected chi connectivity index (χ2v) is 6.43. The lowest BCUT2D eigenvalue weighted by Crippen LogP contribution is -2.05. The zero-order valence-corrected chi connectivity index (χ0v) is 14.8. The Hall–Kier alpha value is -2.36. The van der Waals surface area contributed by atoms with Crippen molar-refractivity contribution >= 4 is 40.4 Å². The molecule has 25 heavy (non-hydrogen) atoms. The van der Waals surface area contributed by atoms with E-state index in [1.807, 2.05) is 25.1 Å². The maximum atomic E-state index is 13.9. The fourth-order valence-corrected chi connectivity index (χ4v) is 2.92. The van der Waals surface area contributed by atoms with E-state index >= 15 is 0 Å². The van der Waals surface area contributed by atoms with E-state index in [4.69, 9.17) is 23.2 Å². The van der Waals surface area contributed by atoms with E-state index in [0.717, 1.165) is 5.56 Å². The fourth-order valence-electron chi connectivity index (χ4n) is 2.50. The number of halogens is 3. The zero-order chi connectivity index (χ0) is 18.0. The number of carbonyl (C=O) groups is 1. The third-order valence-corrected chi connectivity index (χ3v) is 4.36. The first kappa shape index (κ1) is 17.5. The van der Waals surface area contributed by atoms with Crippen LogP contribution in [0.3, 0.4) is 0 Å². The molecule has 0 unspecified atom stereocenters. The molecule has 3 aromatic rings. The summed E-state index contributed by atoms with van der Waals surface area (Å²) in [5.41, 5.74) is 2.74. The molecule has 0 atom stereocenters. The van der Waals surface area contributed by atoms with Crippen molar-refractivity contribution in [1.82, 2.24) is 0 Å². The second kappa shape index (κ2) is 7.26. The van der Waals surface area contributed by atoms with Crippen LogP contribution in [0, 0.1) is 12.7 Å². The van der Waals surface area contributed by atoms with Gasteiger partial charge in [0.25, 0.3) is 0 Å². The molecule has 5 heteroatoms. The van der Waals surface area contributed by atoms with Crippen LogP contribution in [-0.2, 0) is 0 Å². The first-order valence-electron chi connectivity index (χ1n) is 7.57. The Labute approximate surface area is 155 Å². The molecule has 1 N–H and O–H groups in total. The summed E-state index contributed by atoms with van der Waals surface area (Å²) in [6, 6.07) is 16.6. The van der Waals surface area contributed by atoms with Crippen molar-refractivity contribution < 1.29 is 9.18 Å². The number of rotatable bonds is 4. The van der Waals surface area contributed by atoms with Crippen molar-refractivity contribution in [1.29, 1.82) is 0 Å². The number of benzene rings is 3. The topological polar surface area (TPSA) is 29.1 Å². The van der Waals surface area contributed by atoms with E-state index in [9.17, 15) is 9.18 Å². The van der Waals surface area contributed by atoms with Crippen LogP contribution in [-0.4, -0.2) is 5.78 Å². The average molecular weight is 374 g/mol. The van der Waals surface area contributed by atoms with Crippen molar-refractivity contribution in [2.75, 3.05) is 5.32 Å². The van der Waals surface area contributed by atoms with Gasteiger partial charge >= 0.3 is 0 Å². The normalized spacial score (nSPS) is 10.6. The van der Waals surface area contributed by atoms with Gasteiger partial charge < -0.3 is 5.32 Å². The van der Waals surface area contributed by atoms with Crippen LogP contribution in [0.2, 0.25) is 10.0 Å². The molecule has 0 saturated heterocycles. The molecule has 0 amide bonds. The number of anilines is 2. The Kier molecular flexibility index (Phi) is 5.07. The third-order valence-electron chi connectivity index (χ3n) is 3.81. The molecule has 3 aromatic carbocycles. The van der Waals surface area contributed by atoms with Gasteiger partial charge in [-0.05, 0) is 48.9 Å². The number of hydrogen-bond donors (Lipinski definition) is 1. The number of ketones is 1. The molecule has 2 nitrogen and oxygen atoms in total. The first-order valence-corrected chi connectivity index (χ1v) is 8.33. The maximum Gasteiger partial charge on any atom is 0.194 e. The van der Waals surface area contributed by atoms with Crippen molar-refractivity contribution in [3.8, 4) is 0 Å². The monoisotopic (exact) mass is 373 g/mol. The highest BCUT2D eigenvalue weighted by atomic mass is 35.5. The van der Waals surface area contributed by atoms with Gasteiger partial charge in [0.1, 0.15) is 5.82 Å². The summed E-state index contributed by atoms with van der Waals surface area (Å²) < 4.78 is 13.9. The van der Waals surface area contributed by atoms with Crippen LogP contribution in [0.15, 0.2) is 60.7 Å². The van der Waals surface area contributed by atoms with Gasteiger partial charge in [-0.3, -0.25) is 4.79 Å². The fraction of sp³-hybridized carbons (Fsp3) is 0.0500. The molecule has 3 rings (SSSR count). The summed E-state index contributed by atoms with van der Waals surface area (Å²) in [4.78, 5) is 12.7. The summed E-state index contributed by atoms with van der Waals surface area (Å²) in [6.45, 7) is 1.88. The molecule has 0 aromatic heterocycles. The maximum absolute atomic E-state index is 13.9. The van der Waals surface area contributed by atoms with Crippen molar-refractivity contribution in [2.24, 2.45) is 0 Å². The smallest absolute Gasteiger partial charge is 0.194 e. The number of hydrogen-bond acceptors (Lipinski definition) is 2. The highest BCUT2D eigenvalue weighted by Crippen LogP contribution is 2.28. The third kappa shape index (κ3) is 3.84. The van der Waals surface area contributed by atoms with Crippen LogP contribution in [0.1, 0.15) is 21.5 Å². The van der Waals surface area contributed by atoms with Gasteiger partial charge in [0, 0.05) is 21.8 Å². The van der Waals surface area contributed by atoms with Crippen molar-refractivity contribution in [3.05, 3.63) is 93.2 Å². The SMILES string of the molecule is Cc1ccccc1C(=O)c1ccc(Nc2ccc(Cl)cc2F)cc1Cl. The molecular weight excluding hydrogens is 360 g/mol. The van der Waals surface area contributed by atoms with E-state index in [1.165, 1.54) is 12.1 Å². The highest BCUT2D eigenvalue weighted by molar-refractivity contribution is 6.35. The number of nitrogens with one attached hydrogen (secondary N) is 1. The molecule has 0 heterocycles. The quantitative estimate of drug-likeness (QED) is 0.534. The Bertz CT molecular complexity index is 956. The predicted molar refractivity (Wildman–Crippen MR) is 101 cm³/mol. The minimum absolute atomic E-state index is 0.146.